The molecule has 3 heterocycles. The van der Waals surface area contributed by atoms with Crippen molar-refractivity contribution >= 4 is 55.6 Å². The Bertz CT molecular complexity index is 3340. The molecule has 2 amide bonds. The van der Waals surface area contributed by atoms with Crippen LogP contribution in [0.3, 0.4) is 0 Å². The van der Waals surface area contributed by atoms with Gasteiger partial charge in [-0.25, -0.2) is 0 Å². The van der Waals surface area contributed by atoms with Crippen LogP contribution in [0.5, 0.6) is 5.75 Å². The number of rotatable bonds is 27. The summed E-state index contributed by atoms with van der Waals surface area (Å²) >= 11 is 0. The molecule has 0 bridgehead atoms. The van der Waals surface area contributed by atoms with E-state index in [0.717, 1.165) is 41.9 Å². The summed E-state index contributed by atoms with van der Waals surface area (Å²) in [6, 6.07) is 25.9. The van der Waals surface area contributed by atoms with E-state index in [1.165, 1.54) is 38.0 Å². The zero-order valence-corrected chi connectivity index (χ0v) is 47.9. The fourth-order valence-electron chi connectivity index (χ4n) is 10.7. The summed E-state index contributed by atoms with van der Waals surface area (Å²) in [6.07, 6.45) is 17.6. The fraction of sp³-hybridized carbons (Fsp3) is 0.397. The normalized spacial score (nSPS) is 15.4. The van der Waals surface area contributed by atoms with Crippen molar-refractivity contribution in [2.75, 3.05) is 75.6 Å². The first kappa shape index (κ1) is 59.7. The number of unbranched alkanes of at least 4 members (excludes halogenated alkanes) is 2. The maximum absolute atomic E-state index is 14.1. The second kappa shape index (κ2) is 26.8. The molecule has 2 aliphatic rings. The van der Waals surface area contributed by atoms with E-state index in [0.29, 0.717) is 75.4 Å². The summed E-state index contributed by atoms with van der Waals surface area (Å²) in [5, 5.41) is 14.8. The number of ether oxygens (including phenoxy) is 3. The summed E-state index contributed by atoms with van der Waals surface area (Å²) in [5.41, 5.74) is 8.21. The maximum Gasteiger partial charge on any atom is 0.294 e. The molecule has 420 valence electrons. The van der Waals surface area contributed by atoms with Crippen LogP contribution in [-0.2, 0) is 53.4 Å². The van der Waals surface area contributed by atoms with Gasteiger partial charge in [-0.2, -0.15) is 13.0 Å². The lowest BCUT2D eigenvalue weighted by molar-refractivity contribution is -0.438. The predicted molar refractivity (Wildman–Crippen MR) is 314 cm³/mol. The molecule has 0 saturated heterocycles. The summed E-state index contributed by atoms with van der Waals surface area (Å²) in [6.45, 7) is 18.6. The molecule has 0 spiro atoms. The van der Waals surface area contributed by atoms with Crippen molar-refractivity contribution in [1.29, 1.82) is 0 Å². The van der Waals surface area contributed by atoms with Gasteiger partial charge in [-0.05, 0) is 101 Å². The number of nitrogens with one attached hydrogen (secondary N) is 1. The summed E-state index contributed by atoms with van der Waals surface area (Å²) in [7, 11) is -2.80. The van der Waals surface area contributed by atoms with Gasteiger partial charge in [0.1, 0.15) is 17.9 Å². The Kier molecular flexibility index (Phi) is 20.3. The van der Waals surface area contributed by atoms with Crippen LogP contribution in [0.4, 0.5) is 17.1 Å². The second-order valence-corrected chi connectivity index (χ2v) is 22.4. The third-order valence-electron chi connectivity index (χ3n) is 14.9. The van der Waals surface area contributed by atoms with Gasteiger partial charge in [0.2, 0.25) is 11.6 Å². The van der Waals surface area contributed by atoms with Crippen LogP contribution in [-0.4, -0.2) is 111 Å². The quantitative estimate of drug-likeness (QED) is 0.0197. The Morgan fingerprint density at radius 1 is 0.785 bits per heavy atom. The number of likely N-dealkylation sites (N-methyl/N-ethyl adjacent to an activating group) is 1. The van der Waals surface area contributed by atoms with Crippen LogP contribution >= 0.6 is 0 Å². The average Bonchev–Trinajstić information content (AvgIpc) is 4.00. The van der Waals surface area contributed by atoms with Crippen molar-refractivity contribution in [1.82, 2.24) is 9.88 Å². The topological polar surface area (TPSA) is 180 Å². The number of nitrogens with zero attached hydrogens (tertiary/aromatic N) is 4. The Labute approximate surface area is 466 Å². The lowest BCUT2D eigenvalue weighted by Crippen LogP contribution is -2.38. The highest BCUT2D eigenvalue weighted by Crippen LogP contribution is 2.48. The van der Waals surface area contributed by atoms with Crippen molar-refractivity contribution in [3.05, 3.63) is 171 Å². The molecule has 3 N–H and O–H groups in total. The molecule has 0 aliphatic carbocycles. The number of anilines is 2. The standard InChI is InChI=1S/C63H77N5O10S/c1-9-46-23-22-26-53-57(46)59(70)58(60(71)65(53)8)61(72)67(47-24-16-14-17-25-47)36-38-77-40-42-78-41-39-76-37-34-64-56(69)29-20-15-21-35-68-52-33-31-48(79(73,74)75)44-50(52)63(6,7)55(68)28-19-13-11-12-18-27-54-62(4,5)49-43-45(3)30-32-51(49)66(54)10-2/h11-14,16-19,22-28,30-33,43-44H,9-10,15,20-21,29,34-42H2,1-8H3,(H2-,64,69,70,71,72,73,74,75)/p+1. The Morgan fingerprint density at radius 2 is 1.48 bits per heavy atom. The number of fused-ring (bicyclic) bond motifs is 3. The Balaban J connectivity index is 0.814. The summed E-state index contributed by atoms with van der Waals surface area (Å²) in [4.78, 5) is 43.9. The van der Waals surface area contributed by atoms with Gasteiger partial charge in [-0.3, -0.25) is 18.9 Å². The van der Waals surface area contributed by atoms with Crippen LogP contribution in [0, 0.1) is 6.92 Å². The van der Waals surface area contributed by atoms with Gasteiger partial charge in [0, 0.05) is 85.1 Å². The smallest absolute Gasteiger partial charge is 0.294 e. The summed E-state index contributed by atoms with van der Waals surface area (Å²) < 4.78 is 55.0. The first-order valence-electron chi connectivity index (χ1n) is 27.4. The third-order valence-corrected chi connectivity index (χ3v) is 15.8. The van der Waals surface area contributed by atoms with Gasteiger partial charge in [0.15, 0.2) is 5.71 Å². The van der Waals surface area contributed by atoms with Gasteiger partial charge in [0.25, 0.3) is 21.6 Å². The average molecular weight is 1100 g/mol. The van der Waals surface area contributed by atoms with E-state index in [2.05, 4.69) is 92.8 Å². The highest BCUT2D eigenvalue weighted by Gasteiger charge is 2.45. The number of amides is 2. The highest BCUT2D eigenvalue weighted by atomic mass is 32.2. The van der Waals surface area contributed by atoms with Gasteiger partial charge in [-0.15, -0.1) is 0 Å². The van der Waals surface area contributed by atoms with E-state index in [9.17, 15) is 32.5 Å². The molecule has 4 aromatic carbocycles. The zero-order chi connectivity index (χ0) is 56.9. The number of benzene rings is 4. The first-order chi connectivity index (χ1) is 37.8. The predicted octanol–water partition coefficient (Wildman–Crippen LogP) is 10.2. The molecule has 16 heteroatoms. The molecule has 5 aromatic rings. The molecule has 1 aromatic heterocycles. The van der Waals surface area contributed by atoms with Crippen molar-refractivity contribution in [2.45, 2.75) is 96.3 Å². The largest absolute Gasteiger partial charge is 0.506 e. The molecular formula is C63H78N5O10S+. The van der Waals surface area contributed by atoms with Crippen LogP contribution in [0.2, 0.25) is 0 Å². The summed E-state index contributed by atoms with van der Waals surface area (Å²) in [5.74, 6) is -0.996. The van der Waals surface area contributed by atoms with Crippen molar-refractivity contribution in [3.63, 3.8) is 0 Å². The van der Waals surface area contributed by atoms with Crippen LogP contribution < -0.4 is 20.7 Å². The number of hydrogen-bond acceptors (Lipinski definition) is 10. The highest BCUT2D eigenvalue weighted by molar-refractivity contribution is 7.85. The van der Waals surface area contributed by atoms with E-state index in [1.54, 1.807) is 49.5 Å². The van der Waals surface area contributed by atoms with E-state index in [1.807, 2.05) is 49.4 Å². The molecule has 0 fully saturated rings. The van der Waals surface area contributed by atoms with E-state index in [4.69, 9.17) is 14.2 Å². The van der Waals surface area contributed by atoms with E-state index in [-0.39, 0.29) is 47.3 Å². The SMILES string of the molecule is CCc1cccc2c1c(O)c(C(=O)N(CCOCCOCCOCCNC(=O)CCCCC[N+]1=C(C=CC=CC=CC=C3N(CC)c4ccc(C)cc4C3(C)C)C(C)(C)c3cc(S(=O)(=O)O)ccc31)c1ccccc1)c(=O)n2C. The third kappa shape index (κ3) is 13.9. The number of carbonyl (C=O) groups is 2. The van der Waals surface area contributed by atoms with Crippen LogP contribution in [0.25, 0.3) is 10.9 Å². The van der Waals surface area contributed by atoms with Crippen LogP contribution in [0.1, 0.15) is 99.8 Å². The fourth-order valence-corrected chi connectivity index (χ4v) is 11.2. The van der Waals surface area contributed by atoms with Crippen molar-refractivity contribution in [2.24, 2.45) is 7.05 Å². The van der Waals surface area contributed by atoms with E-state index >= 15 is 0 Å². The monoisotopic (exact) mass is 1100 g/mol. The first-order valence-corrected chi connectivity index (χ1v) is 28.8. The van der Waals surface area contributed by atoms with Gasteiger partial charge < -0.3 is 39.0 Å². The Morgan fingerprint density at radius 3 is 2.19 bits per heavy atom. The van der Waals surface area contributed by atoms with Gasteiger partial charge in [-0.1, -0.05) is 99.2 Å². The number of aromatic hydroxyl groups is 1. The minimum absolute atomic E-state index is 0.0564. The number of hydrogen-bond donors (Lipinski definition) is 3. The molecule has 79 heavy (non-hydrogen) atoms. The molecule has 7 rings (SSSR count). The molecule has 0 unspecified atom stereocenters. The van der Waals surface area contributed by atoms with E-state index < -0.39 is 27.0 Å². The van der Waals surface area contributed by atoms with Crippen molar-refractivity contribution < 1.29 is 46.5 Å². The zero-order valence-electron chi connectivity index (χ0n) is 47.1. The molecule has 15 nitrogen and oxygen atoms in total. The van der Waals surface area contributed by atoms with Crippen molar-refractivity contribution in [3.8, 4) is 5.75 Å². The van der Waals surface area contributed by atoms with Gasteiger partial charge >= 0.3 is 0 Å². The number of carbonyl (C=O) groups excluding carboxylic acids is 2. The number of pyridine rings is 1. The number of para-hydroxylation sites is 1. The molecular weight excluding hydrogens is 1020 g/mol. The lowest BCUT2D eigenvalue weighted by atomic mass is 9.81. The molecule has 0 atom stereocenters. The number of aromatic nitrogens is 1. The second-order valence-electron chi connectivity index (χ2n) is 20.9. The molecule has 0 radical (unpaired) electrons. The lowest BCUT2D eigenvalue weighted by Gasteiger charge is -2.25. The number of aryl methyl sites for hydroxylation is 3. The number of allylic oxidation sites excluding steroid dienone is 8. The minimum Gasteiger partial charge on any atom is -0.506 e. The maximum atomic E-state index is 14.1. The minimum atomic E-state index is -4.40. The van der Waals surface area contributed by atoms with Crippen LogP contribution in [0.15, 0.2) is 143 Å². The van der Waals surface area contributed by atoms with Gasteiger partial charge in [0.05, 0.1) is 55.5 Å². The molecule has 0 saturated carbocycles. The molecule has 2 aliphatic heterocycles. The Hall–Kier alpha value is -6.95.